The van der Waals surface area contributed by atoms with E-state index in [0.29, 0.717) is 12.0 Å². The Bertz CT molecular complexity index is 815. The number of hydrogen-bond donors (Lipinski definition) is 1. The van der Waals surface area contributed by atoms with Crippen molar-refractivity contribution in [1.29, 1.82) is 0 Å². The summed E-state index contributed by atoms with van der Waals surface area (Å²) in [4.78, 5) is 16.9. The van der Waals surface area contributed by atoms with Crippen LogP contribution in [0.2, 0.25) is 0 Å². The SMILES string of the molecule is O=C(Cn1cccn1)Nc1nc2ccccc2n1C1CCCC1. The van der Waals surface area contributed by atoms with Gasteiger partial charge in [0.1, 0.15) is 6.54 Å². The maximum atomic E-state index is 12.3. The molecule has 2 aromatic heterocycles. The number of nitrogens with one attached hydrogen (secondary N) is 1. The molecule has 1 aliphatic carbocycles. The average Bonchev–Trinajstić information content (AvgIpc) is 3.26. The molecule has 1 fully saturated rings. The van der Waals surface area contributed by atoms with Crippen molar-refractivity contribution in [2.45, 2.75) is 38.3 Å². The van der Waals surface area contributed by atoms with E-state index in [4.69, 9.17) is 0 Å². The van der Waals surface area contributed by atoms with E-state index in [9.17, 15) is 4.79 Å². The molecule has 0 bridgehead atoms. The van der Waals surface area contributed by atoms with E-state index in [2.05, 4.69) is 26.0 Å². The highest BCUT2D eigenvalue weighted by molar-refractivity contribution is 5.91. The summed E-state index contributed by atoms with van der Waals surface area (Å²) in [6, 6.07) is 10.3. The van der Waals surface area contributed by atoms with Crippen molar-refractivity contribution in [1.82, 2.24) is 19.3 Å². The Balaban J connectivity index is 1.65. The molecule has 1 aliphatic rings. The standard InChI is InChI=1S/C17H19N5O/c23-16(12-21-11-5-10-18-21)20-17-19-14-8-3-4-9-15(14)22(17)13-6-1-2-7-13/h3-5,8-11,13H,1-2,6-7,12H2,(H,19,20,23). The topological polar surface area (TPSA) is 64.7 Å². The molecule has 3 aromatic rings. The molecule has 2 heterocycles. The zero-order valence-corrected chi connectivity index (χ0v) is 12.9. The number of carbonyl (C=O) groups excluding carboxylic acids is 1. The third-order valence-electron chi connectivity index (χ3n) is 4.40. The van der Waals surface area contributed by atoms with Gasteiger partial charge in [0.15, 0.2) is 0 Å². The summed E-state index contributed by atoms with van der Waals surface area (Å²) in [7, 11) is 0. The Morgan fingerprint density at radius 3 is 2.83 bits per heavy atom. The first-order valence-electron chi connectivity index (χ1n) is 8.05. The molecule has 0 aliphatic heterocycles. The Morgan fingerprint density at radius 2 is 2.04 bits per heavy atom. The lowest BCUT2D eigenvalue weighted by molar-refractivity contribution is -0.117. The number of nitrogens with zero attached hydrogens (tertiary/aromatic N) is 4. The van der Waals surface area contributed by atoms with Crippen LogP contribution in [-0.2, 0) is 11.3 Å². The maximum absolute atomic E-state index is 12.3. The Morgan fingerprint density at radius 1 is 1.22 bits per heavy atom. The van der Waals surface area contributed by atoms with E-state index in [-0.39, 0.29) is 12.5 Å². The molecule has 0 atom stereocenters. The predicted octanol–water partition coefficient (Wildman–Crippen LogP) is 2.99. The molecule has 23 heavy (non-hydrogen) atoms. The lowest BCUT2D eigenvalue weighted by atomic mass is 10.2. The van der Waals surface area contributed by atoms with Gasteiger partial charge in [-0.1, -0.05) is 25.0 Å². The van der Waals surface area contributed by atoms with Crippen molar-refractivity contribution < 1.29 is 4.79 Å². The van der Waals surface area contributed by atoms with Gasteiger partial charge in [0.25, 0.3) is 0 Å². The van der Waals surface area contributed by atoms with Crippen LogP contribution in [0.15, 0.2) is 42.7 Å². The minimum absolute atomic E-state index is 0.108. The zero-order chi connectivity index (χ0) is 15.6. The number of hydrogen-bond acceptors (Lipinski definition) is 3. The molecule has 1 aromatic carbocycles. The summed E-state index contributed by atoms with van der Waals surface area (Å²) >= 11 is 0. The second-order valence-corrected chi connectivity index (χ2v) is 5.98. The van der Waals surface area contributed by atoms with E-state index >= 15 is 0 Å². The number of carbonyl (C=O) groups is 1. The van der Waals surface area contributed by atoms with Crippen LogP contribution in [0.4, 0.5) is 5.95 Å². The largest absolute Gasteiger partial charge is 0.307 e. The fraction of sp³-hybridized carbons (Fsp3) is 0.353. The smallest absolute Gasteiger partial charge is 0.248 e. The van der Waals surface area contributed by atoms with Crippen LogP contribution in [0.3, 0.4) is 0 Å². The first-order chi connectivity index (χ1) is 11.3. The van der Waals surface area contributed by atoms with Gasteiger partial charge in [0.2, 0.25) is 11.9 Å². The van der Waals surface area contributed by atoms with E-state index in [0.717, 1.165) is 23.9 Å². The lowest BCUT2D eigenvalue weighted by Crippen LogP contribution is -2.22. The molecule has 118 valence electrons. The summed E-state index contributed by atoms with van der Waals surface area (Å²) in [5, 5.41) is 7.04. The number of para-hydroxylation sites is 2. The highest BCUT2D eigenvalue weighted by atomic mass is 16.2. The summed E-state index contributed by atoms with van der Waals surface area (Å²) in [5.74, 6) is 0.540. The molecule has 0 radical (unpaired) electrons. The predicted molar refractivity (Wildman–Crippen MR) is 88.1 cm³/mol. The van der Waals surface area contributed by atoms with Gasteiger partial charge in [-0.05, 0) is 31.0 Å². The molecule has 6 heteroatoms. The molecule has 6 nitrogen and oxygen atoms in total. The van der Waals surface area contributed by atoms with Crippen LogP contribution in [0.1, 0.15) is 31.7 Å². The normalized spacial score (nSPS) is 15.3. The van der Waals surface area contributed by atoms with Gasteiger partial charge >= 0.3 is 0 Å². The number of anilines is 1. The highest BCUT2D eigenvalue weighted by Gasteiger charge is 2.23. The maximum Gasteiger partial charge on any atom is 0.248 e. The number of imidazole rings is 1. The minimum Gasteiger partial charge on any atom is -0.307 e. The third kappa shape index (κ3) is 2.72. The van der Waals surface area contributed by atoms with Crippen LogP contribution in [0, 0.1) is 0 Å². The lowest BCUT2D eigenvalue weighted by Gasteiger charge is -2.16. The summed E-state index contributed by atoms with van der Waals surface area (Å²) < 4.78 is 3.81. The number of amides is 1. The summed E-state index contributed by atoms with van der Waals surface area (Å²) in [5.41, 5.74) is 2.02. The summed E-state index contributed by atoms with van der Waals surface area (Å²) in [6.07, 6.45) is 8.20. The van der Waals surface area contributed by atoms with Crippen LogP contribution in [-0.4, -0.2) is 25.2 Å². The second-order valence-electron chi connectivity index (χ2n) is 5.98. The van der Waals surface area contributed by atoms with Gasteiger partial charge in [-0.15, -0.1) is 0 Å². The fourth-order valence-corrected chi connectivity index (χ4v) is 3.37. The van der Waals surface area contributed by atoms with Gasteiger partial charge < -0.3 is 4.57 Å². The van der Waals surface area contributed by atoms with Crippen molar-refractivity contribution in [3.8, 4) is 0 Å². The van der Waals surface area contributed by atoms with Crippen LogP contribution in [0.5, 0.6) is 0 Å². The van der Waals surface area contributed by atoms with Crippen molar-refractivity contribution in [2.75, 3.05) is 5.32 Å². The molecule has 4 rings (SSSR count). The van der Waals surface area contributed by atoms with E-state index in [1.807, 2.05) is 18.2 Å². The Kier molecular flexibility index (Phi) is 3.57. The van der Waals surface area contributed by atoms with Crippen LogP contribution < -0.4 is 5.32 Å². The van der Waals surface area contributed by atoms with Crippen molar-refractivity contribution in [3.05, 3.63) is 42.7 Å². The molecular formula is C17H19N5O. The molecule has 1 amide bonds. The first-order valence-corrected chi connectivity index (χ1v) is 8.05. The molecule has 1 N–H and O–H groups in total. The molecule has 0 spiro atoms. The molecule has 0 saturated heterocycles. The second kappa shape index (κ2) is 5.87. The highest BCUT2D eigenvalue weighted by Crippen LogP contribution is 2.35. The number of rotatable bonds is 4. The van der Waals surface area contributed by atoms with Crippen LogP contribution >= 0.6 is 0 Å². The van der Waals surface area contributed by atoms with Gasteiger partial charge in [-0.25, -0.2) is 4.98 Å². The Hall–Kier alpha value is -2.63. The fourth-order valence-electron chi connectivity index (χ4n) is 3.37. The van der Waals surface area contributed by atoms with Crippen molar-refractivity contribution in [2.24, 2.45) is 0 Å². The minimum atomic E-state index is -0.108. The number of benzene rings is 1. The third-order valence-corrected chi connectivity index (χ3v) is 4.40. The van der Waals surface area contributed by atoms with Crippen molar-refractivity contribution in [3.63, 3.8) is 0 Å². The quantitative estimate of drug-likeness (QED) is 0.806. The van der Waals surface area contributed by atoms with Gasteiger partial charge in [0.05, 0.1) is 11.0 Å². The molecule has 0 unspecified atom stereocenters. The molecular weight excluding hydrogens is 290 g/mol. The van der Waals surface area contributed by atoms with E-state index in [1.165, 1.54) is 12.8 Å². The van der Waals surface area contributed by atoms with Crippen molar-refractivity contribution >= 4 is 22.9 Å². The van der Waals surface area contributed by atoms with Gasteiger partial charge in [-0.3, -0.25) is 14.8 Å². The van der Waals surface area contributed by atoms with E-state index < -0.39 is 0 Å². The zero-order valence-electron chi connectivity index (χ0n) is 12.9. The van der Waals surface area contributed by atoms with Crippen LogP contribution in [0.25, 0.3) is 11.0 Å². The van der Waals surface area contributed by atoms with Gasteiger partial charge in [-0.2, -0.15) is 5.10 Å². The average molecular weight is 309 g/mol. The first kappa shape index (κ1) is 14.0. The number of aromatic nitrogens is 4. The number of fused-ring (bicyclic) bond motifs is 1. The monoisotopic (exact) mass is 309 g/mol. The Labute approximate surface area is 134 Å². The van der Waals surface area contributed by atoms with E-state index in [1.54, 1.807) is 23.1 Å². The summed E-state index contributed by atoms with van der Waals surface area (Å²) in [6.45, 7) is 0.195. The molecule has 1 saturated carbocycles. The van der Waals surface area contributed by atoms with Gasteiger partial charge in [0, 0.05) is 18.4 Å².